The quantitative estimate of drug-likeness (QED) is 0.819. The van der Waals surface area contributed by atoms with Gasteiger partial charge in [0.15, 0.2) is 0 Å². The fourth-order valence-electron chi connectivity index (χ4n) is 3.86. The molecule has 116 valence electrons. The van der Waals surface area contributed by atoms with E-state index in [2.05, 4.69) is 53.3 Å². The highest BCUT2D eigenvalue weighted by atomic mass is 79.9. The molecular formula is C18H26BrNO. The van der Waals surface area contributed by atoms with Crippen LogP contribution < -0.4 is 10.1 Å². The molecule has 2 atom stereocenters. The Labute approximate surface area is 136 Å². The zero-order chi connectivity index (χ0) is 14.8. The van der Waals surface area contributed by atoms with Gasteiger partial charge in [0.05, 0.1) is 0 Å². The number of rotatable bonds is 3. The average Bonchev–Trinajstić information content (AvgIpc) is 2.48. The molecule has 0 bridgehead atoms. The van der Waals surface area contributed by atoms with Crippen molar-refractivity contribution < 1.29 is 4.74 Å². The van der Waals surface area contributed by atoms with Crippen LogP contribution in [0.2, 0.25) is 0 Å². The topological polar surface area (TPSA) is 21.3 Å². The summed E-state index contributed by atoms with van der Waals surface area (Å²) in [5.74, 6) is 2.72. The summed E-state index contributed by atoms with van der Waals surface area (Å²) in [4.78, 5) is 0. The Hall–Kier alpha value is -0.540. The summed E-state index contributed by atoms with van der Waals surface area (Å²) in [7, 11) is 0. The number of benzene rings is 1. The Morgan fingerprint density at radius 3 is 2.71 bits per heavy atom. The summed E-state index contributed by atoms with van der Waals surface area (Å²) >= 11 is 3.58. The standard InChI is InChI=1S/C18H26BrNO/c1-3-20-16-11-18(13-6-4-12(2)5-7-13)21-17-9-8-14(19)10-15(16)17/h8-10,12-13,16,18,20H,3-7,11H2,1-2H3. The van der Waals surface area contributed by atoms with Gasteiger partial charge in [0.25, 0.3) is 0 Å². The number of nitrogens with one attached hydrogen (secondary N) is 1. The van der Waals surface area contributed by atoms with Crippen molar-refractivity contribution >= 4 is 15.9 Å². The molecule has 3 rings (SSSR count). The third-order valence-corrected chi connectivity index (χ3v) is 5.62. The van der Waals surface area contributed by atoms with Crippen LogP contribution in [0.4, 0.5) is 0 Å². The molecule has 1 aromatic carbocycles. The van der Waals surface area contributed by atoms with Gasteiger partial charge < -0.3 is 10.1 Å². The van der Waals surface area contributed by atoms with Crippen molar-refractivity contribution in [1.82, 2.24) is 5.32 Å². The summed E-state index contributed by atoms with van der Waals surface area (Å²) in [6.07, 6.45) is 6.88. The molecule has 1 aromatic rings. The number of halogens is 1. The van der Waals surface area contributed by atoms with Crippen molar-refractivity contribution in [3.05, 3.63) is 28.2 Å². The van der Waals surface area contributed by atoms with E-state index < -0.39 is 0 Å². The van der Waals surface area contributed by atoms with Gasteiger partial charge in [-0.15, -0.1) is 0 Å². The molecule has 0 spiro atoms. The zero-order valence-electron chi connectivity index (χ0n) is 13.1. The molecule has 0 amide bonds. The lowest BCUT2D eigenvalue weighted by Gasteiger charge is -2.39. The second-order valence-corrected chi connectivity index (χ2v) is 7.62. The monoisotopic (exact) mass is 351 g/mol. The summed E-state index contributed by atoms with van der Waals surface area (Å²) in [6, 6.07) is 6.86. The van der Waals surface area contributed by atoms with Crippen molar-refractivity contribution in [2.75, 3.05) is 6.54 Å². The first-order valence-electron chi connectivity index (χ1n) is 8.37. The number of hydrogen-bond donors (Lipinski definition) is 1. The van der Waals surface area contributed by atoms with Gasteiger partial charge >= 0.3 is 0 Å². The van der Waals surface area contributed by atoms with Crippen molar-refractivity contribution in [3.63, 3.8) is 0 Å². The fourth-order valence-corrected chi connectivity index (χ4v) is 4.23. The zero-order valence-corrected chi connectivity index (χ0v) is 14.7. The van der Waals surface area contributed by atoms with Gasteiger partial charge in [-0.25, -0.2) is 0 Å². The summed E-state index contributed by atoms with van der Waals surface area (Å²) in [5.41, 5.74) is 1.31. The van der Waals surface area contributed by atoms with Gasteiger partial charge in [0.1, 0.15) is 11.9 Å². The van der Waals surface area contributed by atoms with Crippen LogP contribution >= 0.6 is 15.9 Å². The van der Waals surface area contributed by atoms with Gasteiger partial charge in [0.2, 0.25) is 0 Å². The predicted molar refractivity (Wildman–Crippen MR) is 90.7 cm³/mol. The minimum absolute atomic E-state index is 0.384. The highest BCUT2D eigenvalue weighted by Crippen LogP contribution is 2.42. The molecular weight excluding hydrogens is 326 g/mol. The van der Waals surface area contributed by atoms with E-state index >= 15 is 0 Å². The normalized spacial score (nSPS) is 32.3. The largest absolute Gasteiger partial charge is 0.490 e. The van der Waals surface area contributed by atoms with Gasteiger partial charge in [-0.05, 0) is 49.4 Å². The van der Waals surface area contributed by atoms with Crippen LogP contribution in [-0.4, -0.2) is 12.6 Å². The predicted octanol–water partition coefficient (Wildman–Crippen LogP) is 5.08. The summed E-state index contributed by atoms with van der Waals surface area (Å²) in [5, 5.41) is 3.64. The maximum Gasteiger partial charge on any atom is 0.124 e. The molecule has 0 radical (unpaired) electrons. The molecule has 21 heavy (non-hydrogen) atoms. The van der Waals surface area contributed by atoms with Gasteiger partial charge in [0, 0.05) is 22.5 Å². The first kappa shape index (κ1) is 15.4. The maximum atomic E-state index is 6.38. The Morgan fingerprint density at radius 2 is 2.00 bits per heavy atom. The Bertz CT molecular complexity index is 482. The minimum Gasteiger partial charge on any atom is -0.490 e. The Morgan fingerprint density at radius 1 is 1.24 bits per heavy atom. The minimum atomic E-state index is 0.384. The molecule has 1 fully saturated rings. The molecule has 1 heterocycles. The third-order valence-electron chi connectivity index (χ3n) is 5.13. The van der Waals surface area contributed by atoms with Crippen molar-refractivity contribution in [1.29, 1.82) is 0 Å². The highest BCUT2D eigenvalue weighted by Gasteiger charge is 2.34. The summed E-state index contributed by atoms with van der Waals surface area (Å²) < 4.78 is 7.51. The Balaban J connectivity index is 1.79. The molecule has 0 aromatic heterocycles. The summed E-state index contributed by atoms with van der Waals surface area (Å²) in [6.45, 7) is 5.57. The first-order chi connectivity index (χ1) is 10.2. The molecule has 1 aliphatic heterocycles. The van der Waals surface area contributed by atoms with E-state index in [1.165, 1.54) is 31.2 Å². The molecule has 0 saturated heterocycles. The van der Waals surface area contributed by atoms with Crippen molar-refractivity contribution in [3.8, 4) is 5.75 Å². The number of fused-ring (bicyclic) bond motifs is 1. The molecule has 1 aliphatic carbocycles. The first-order valence-corrected chi connectivity index (χ1v) is 9.16. The SMILES string of the molecule is CCNC1CC(C2CCC(C)CC2)Oc2ccc(Br)cc21. The fraction of sp³-hybridized carbons (Fsp3) is 0.667. The molecule has 1 saturated carbocycles. The maximum absolute atomic E-state index is 6.38. The van der Waals surface area contributed by atoms with Gasteiger partial charge in [-0.2, -0.15) is 0 Å². The van der Waals surface area contributed by atoms with Crippen molar-refractivity contribution in [2.45, 2.75) is 58.1 Å². The molecule has 1 N–H and O–H groups in total. The van der Waals surface area contributed by atoms with Crippen LogP contribution in [0.25, 0.3) is 0 Å². The van der Waals surface area contributed by atoms with E-state index in [0.29, 0.717) is 12.1 Å². The van der Waals surface area contributed by atoms with Crippen LogP contribution in [0.3, 0.4) is 0 Å². The van der Waals surface area contributed by atoms with E-state index in [1.54, 1.807) is 0 Å². The van der Waals surface area contributed by atoms with Gasteiger partial charge in [-0.3, -0.25) is 0 Å². The molecule has 2 aliphatic rings. The van der Waals surface area contributed by atoms with Crippen molar-refractivity contribution in [2.24, 2.45) is 11.8 Å². The van der Waals surface area contributed by atoms with Crippen LogP contribution in [0.15, 0.2) is 22.7 Å². The molecule has 3 heteroatoms. The highest BCUT2D eigenvalue weighted by molar-refractivity contribution is 9.10. The van der Waals surface area contributed by atoms with Crippen LogP contribution in [0.5, 0.6) is 5.75 Å². The second kappa shape index (κ2) is 6.70. The van der Waals surface area contributed by atoms with E-state index in [0.717, 1.165) is 35.0 Å². The molecule has 2 nitrogen and oxygen atoms in total. The smallest absolute Gasteiger partial charge is 0.124 e. The Kier molecular flexibility index (Phi) is 4.90. The molecule has 2 unspecified atom stereocenters. The lowest BCUT2D eigenvalue weighted by Crippen LogP contribution is -2.38. The van der Waals surface area contributed by atoms with Crippen LogP contribution in [0, 0.1) is 11.8 Å². The number of ether oxygens (including phenoxy) is 1. The lowest BCUT2D eigenvalue weighted by atomic mass is 9.77. The lowest BCUT2D eigenvalue weighted by molar-refractivity contribution is 0.0654. The number of hydrogen-bond acceptors (Lipinski definition) is 2. The van der Waals surface area contributed by atoms with E-state index in [9.17, 15) is 0 Å². The van der Waals surface area contributed by atoms with Crippen LogP contribution in [-0.2, 0) is 0 Å². The van der Waals surface area contributed by atoms with Gasteiger partial charge in [-0.1, -0.05) is 42.6 Å². The second-order valence-electron chi connectivity index (χ2n) is 6.70. The van der Waals surface area contributed by atoms with E-state index in [4.69, 9.17) is 4.74 Å². The van der Waals surface area contributed by atoms with Crippen LogP contribution in [0.1, 0.15) is 57.6 Å². The average molecular weight is 352 g/mol. The van der Waals surface area contributed by atoms with E-state index in [1.807, 2.05) is 0 Å². The third kappa shape index (κ3) is 3.45. The van der Waals surface area contributed by atoms with E-state index in [-0.39, 0.29) is 0 Å².